The summed E-state index contributed by atoms with van der Waals surface area (Å²) in [6.45, 7) is 2.14. The van der Waals surface area contributed by atoms with Gasteiger partial charge in [0.25, 0.3) is 5.91 Å². The Kier molecular flexibility index (Phi) is 5.48. The van der Waals surface area contributed by atoms with E-state index in [-0.39, 0.29) is 19.1 Å². The lowest BCUT2D eigenvalue weighted by atomic mass is 9.93. The van der Waals surface area contributed by atoms with Gasteiger partial charge in [-0.2, -0.15) is 5.10 Å². The van der Waals surface area contributed by atoms with Gasteiger partial charge in [0.05, 0.1) is 13.2 Å². The van der Waals surface area contributed by atoms with Gasteiger partial charge in [-0.1, -0.05) is 18.2 Å². The fourth-order valence-corrected chi connectivity index (χ4v) is 3.15. The third kappa shape index (κ3) is 3.94. The molecule has 0 spiro atoms. The summed E-state index contributed by atoms with van der Waals surface area (Å²) >= 11 is 0. The molecule has 2 heterocycles. The van der Waals surface area contributed by atoms with Gasteiger partial charge in [0.2, 0.25) is 0 Å². The van der Waals surface area contributed by atoms with Crippen LogP contribution in [0.25, 0.3) is 0 Å². The maximum atomic E-state index is 12.3. The van der Waals surface area contributed by atoms with Crippen LogP contribution in [0.1, 0.15) is 24.5 Å². The maximum Gasteiger partial charge on any atom is 0.260 e. The van der Waals surface area contributed by atoms with E-state index in [0.29, 0.717) is 18.2 Å². The third-order valence-corrected chi connectivity index (χ3v) is 4.43. The Morgan fingerprint density at radius 3 is 2.67 bits per heavy atom. The summed E-state index contributed by atoms with van der Waals surface area (Å²) in [6, 6.07) is 11.4. The van der Waals surface area contributed by atoms with Crippen LogP contribution in [0, 0.1) is 0 Å². The number of likely N-dealkylation sites (tertiary alicyclic amines) is 1. The number of aliphatic hydroxyl groups excluding tert-OH is 1. The number of carbonyl (C=O) groups excluding carboxylic acids is 1. The number of hydrogen-bond acceptors (Lipinski definition) is 4. The van der Waals surface area contributed by atoms with Crippen molar-refractivity contribution in [1.82, 2.24) is 14.7 Å². The summed E-state index contributed by atoms with van der Waals surface area (Å²) in [7, 11) is 0. The van der Waals surface area contributed by atoms with Crippen molar-refractivity contribution in [3.8, 4) is 5.75 Å². The number of aliphatic hydroxyl groups is 1. The van der Waals surface area contributed by atoms with Gasteiger partial charge in [-0.05, 0) is 31.0 Å². The molecule has 0 aliphatic carbocycles. The highest BCUT2D eigenvalue weighted by atomic mass is 16.5. The molecule has 1 aliphatic rings. The number of aromatic nitrogens is 2. The molecular weight excluding hydrogens is 306 g/mol. The predicted molar refractivity (Wildman–Crippen MR) is 89.8 cm³/mol. The normalized spacial score (nSPS) is 15.5. The highest BCUT2D eigenvalue weighted by Crippen LogP contribution is 2.27. The first-order valence-corrected chi connectivity index (χ1v) is 8.36. The molecular formula is C18H23N3O3. The Labute approximate surface area is 141 Å². The van der Waals surface area contributed by atoms with Crippen LogP contribution >= 0.6 is 0 Å². The van der Waals surface area contributed by atoms with E-state index in [9.17, 15) is 4.79 Å². The van der Waals surface area contributed by atoms with E-state index in [2.05, 4.69) is 5.10 Å². The Morgan fingerprint density at radius 2 is 1.96 bits per heavy atom. The number of para-hydroxylation sites is 1. The average molecular weight is 329 g/mol. The summed E-state index contributed by atoms with van der Waals surface area (Å²) in [5.41, 5.74) is 1.15. The zero-order valence-corrected chi connectivity index (χ0v) is 13.7. The standard InChI is InChI=1S/C18H23N3O3/c22-13-12-21-17(6-9-19-21)15-7-10-20(11-8-15)18(23)14-24-16-4-2-1-3-5-16/h1-6,9,15,22H,7-8,10-14H2. The monoisotopic (exact) mass is 329 g/mol. The van der Waals surface area contributed by atoms with Gasteiger partial charge in [0.15, 0.2) is 6.61 Å². The predicted octanol–water partition coefficient (Wildman–Crippen LogP) is 1.66. The molecule has 0 saturated carbocycles. The lowest BCUT2D eigenvalue weighted by molar-refractivity contribution is -0.134. The maximum absolute atomic E-state index is 12.3. The quantitative estimate of drug-likeness (QED) is 0.875. The van der Waals surface area contributed by atoms with Crippen LogP contribution in [0.15, 0.2) is 42.6 Å². The zero-order valence-electron chi connectivity index (χ0n) is 13.7. The van der Waals surface area contributed by atoms with Gasteiger partial charge >= 0.3 is 0 Å². The lowest BCUT2D eigenvalue weighted by Gasteiger charge is -2.32. The van der Waals surface area contributed by atoms with Crippen molar-refractivity contribution < 1.29 is 14.6 Å². The molecule has 0 atom stereocenters. The van der Waals surface area contributed by atoms with Crippen LogP contribution in [0.2, 0.25) is 0 Å². The van der Waals surface area contributed by atoms with Crippen LogP contribution in [0.5, 0.6) is 5.75 Å². The van der Waals surface area contributed by atoms with Crippen molar-refractivity contribution in [3.63, 3.8) is 0 Å². The number of ether oxygens (including phenoxy) is 1. The molecule has 0 radical (unpaired) electrons. The van der Waals surface area contributed by atoms with Crippen LogP contribution in [-0.2, 0) is 11.3 Å². The van der Waals surface area contributed by atoms with Crippen LogP contribution in [-0.4, -0.2) is 52.0 Å². The van der Waals surface area contributed by atoms with E-state index < -0.39 is 0 Å². The molecule has 0 bridgehead atoms. The van der Waals surface area contributed by atoms with Crippen molar-refractivity contribution in [3.05, 3.63) is 48.3 Å². The van der Waals surface area contributed by atoms with Gasteiger partial charge in [0.1, 0.15) is 5.75 Å². The van der Waals surface area contributed by atoms with Crippen LogP contribution in [0.3, 0.4) is 0 Å². The van der Waals surface area contributed by atoms with E-state index in [1.165, 1.54) is 0 Å². The fraction of sp³-hybridized carbons (Fsp3) is 0.444. The highest BCUT2D eigenvalue weighted by molar-refractivity contribution is 5.77. The first-order chi connectivity index (χ1) is 11.8. The first-order valence-electron chi connectivity index (χ1n) is 8.36. The molecule has 1 aromatic heterocycles. The van der Waals surface area contributed by atoms with Gasteiger partial charge < -0.3 is 14.7 Å². The van der Waals surface area contributed by atoms with E-state index in [1.54, 1.807) is 6.20 Å². The summed E-state index contributed by atoms with van der Waals surface area (Å²) < 4.78 is 7.40. The van der Waals surface area contributed by atoms with E-state index in [4.69, 9.17) is 9.84 Å². The van der Waals surface area contributed by atoms with Crippen molar-refractivity contribution in [2.24, 2.45) is 0 Å². The summed E-state index contributed by atoms with van der Waals surface area (Å²) in [5, 5.41) is 13.4. The van der Waals surface area contributed by atoms with E-state index >= 15 is 0 Å². The second kappa shape index (κ2) is 7.97. The molecule has 0 unspecified atom stereocenters. The van der Waals surface area contributed by atoms with Crippen molar-refractivity contribution in [2.75, 3.05) is 26.3 Å². The van der Waals surface area contributed by atoms with Gasteiger partial charge in [-0.3, -0.25) is 9.48 Å². The molecule has 6 nitrogen and oxygen atoms in total. The van der Waals surface area contributed by atoms with E-state index in [1.807, 2.05) is 46.0 Å². The zero-order chi connectivity index (χ0) is 16.8. The smallest absolute Gasteiger partial charge is 0.260 e. The number of piperidine rings is 1. The van der Waals surface area contributed by atoms with Gasteiger partial charge in [-0.25, -0.2) is 0 Å². The number of nitrogens with zero attached hydrogens (tertiary/aromatic N) is 3. The third-order valence-electron chi connectivity index (χ3n) is 4.43. The largest absolute Gasteiger partial charge is 0.484 e. The molecule has 1 amide bonds. The molecule has 24 heavy (non-hydrogen) atoms. The van der Waals surface area contributed by atoms with Crippen molar-refractivity contribution in [2.45, 2.75) is 25.3 Å². The van der Waals surface area contributed by atoms with Crippen molar-refractivity contribution >= 4 is 5.91 Å². The summed E-state index contributed by atoms with van der Waals surface area (Å²) in [4.78, 5) is 14.2. The number of rotatable bonds is 6. The number of amides is 1. The number of carbonyl (C=O) groups is 1. The topological polar surface area (TPSA) is 67.6 Å². The fourth-order valence-electron chi connectivity index (χ4n) is 3.15. The van der Waals surface area contributed by atoms with Crippen LogP contribution < -0.4 is 4.74 Å². The second-order valence-corrected chi connectivity index (χ2v) is 5.96. The summed E-state index contributed by atoms with van der Waals surface area (Å²) in [6.07, 6.45) is 3.60. The SMILES string of the molecule is O=C(COc1ccccc1)N1CCC(c2ccnn2CCO)CC1. The van der Waals surface area contributed by atoms with Gasteiger partial charge in [0, 0.05) is 30.9 Å². The Hall–Kier alpha value is -2.34. The molecule has 1 saturated heterocycles. The molecule has 1 aliphatic heterocycles. The highest BCUT2D eigenvalue weighted by Gasteiger charge is 2.25. The molecule has 128 valence electrons. The minimum absolute atomic E-state index is 0.0289. The van der Waals surface area contributed by atoms with E-state index in [0.717, 1.165) is 31.6 Å². The Morgan fingerprint density at radius 1 is 1.21 bits per heavy atom. The minimum atomic E-state index is 0.0289. The Balaban J connectivity index is 1.49. The molecule has 1 N–H and O–H groups in total. The number of benzene rings is 1. The molecule has 6 heteroatoms. The van der Waals surface area contributed by atoms with Gasteiger partial charge in [-0.15, -0.1) is 0 Å². The lowest BCUT2D eigenvalue weighted by Crippen LogP contribution is -2.40. The molecule has 1 fully saturated rings. The van der Waals surface area contributed by atoms with Crippen LogP contribution in [0.4, 0.5) is 0 Å². The van der Waals surface area contributed by atoms with Crippen molar-refractivity contribution in [1.29, 1.82) is 0 Å². The average Bonchev–Trinajstić information content (AvgIpc) is 3.09. The Bertz CT molecular complexity index is 649. The first kappa shape index (κ1) is 16.5. The number of hydrogen-bond donors (Lipinski definition) is 1. The summed E-state index contributed by atoms with van der Waals surface area (Å²) in [5.74, 6) is 1.13. The molecule has 1 aromatic carbocycles. The minimum Gasteiger partial charge on any atom is -0.484 e. The molecule has 3 rings (SSSR count). The molecule has 2 aromatic rings. The second-order valence-electron chi connectivity index (χ2n) is 5.96.